The number of anilines is 1. The van der Waals surface area contributed by atoms with Gasteiger partial charge in [0.1, 0.15) is 6.23 Å². The van der Waals surface area contributed by atoms with Crippen LogP contribution in [0, 0.1) is 0 Å². The molecular weight excluding hydrogens is 200 g/mol. The van der Waals surface area contributed by atoms with E-state index in [1.807, 2.05) is 0 Å². The van der Waals surface area contributed by atoms with E-state index in [2.05, 4.69) is 48.3 Å². The molecule has 1 fully saturated rings. The van der Waals surface area contributed by atoms with Crippen molar-refractivity contribution in [3.05, 3.63) is 29.8 Å². The third kappa shape index (κ3) is 2.36. The predicted molar refractivity (Wildman–Crippen MR) is 66.7 cm³/mol. The van der Waals surface area contributed by atoms with Gasteiger partial charge in [0.2, 0.25) is 0 Å². The molecule has 1 aromatic rings. The normalized spacial score (nSPS) is 20.0. The van der Waals surface area contributed by atoms with Crippen LogP contribution in [0.1, 0.15) is 25.6 Å². The summed E-state index contributed by atoms with van der Waals surface area (Å²) < 4.78 is 5.57. The maximum Gasteiger partial charge on any atom is 0.134 e. The van der Waals surface area contributed by atoms with Crippen molar-refractivity contribution >= 4 is 5.69 Å². The molecule has 2 rings (SSSR count). The quantitative estimate of drug-likeness (QED) is 0.841. The van der Waals surface area contributed by atoms with Crippen molar-refractivity contribution in [2.45, 2.75) is 20.1 Å². The Bertz CT molecular complexity index is 292. The summed E-state index contributed by atoms with van der Waals surface area (Å²) in [7, 11) is 0. The topological polar surface area (TPSA) is 24.5 Å². The highest BCUT2D eigenvalue weighted by Gasteiger charge is 2.16. The van der Waals surface area contributed by atoms with Gasteiger partial charge in [0.15, 0.2) is 0 Å². The van der Waals surface area contributed by atoms with Gasteiger partial charge in [-0.15, -0.1) is 0 Å². The van der Waals surface area contributed by atoms with Gasteiger partial charge in [0.25, 0.3) is 0 Å². The number of hydrogen-bond acceptors (Lipinski definition) is 3. The Balaban J connectivity index is 2.09. The van der Waals surface area contributed by atoms with E-state index in [0.29, 0.717) is 0 Å². The Hall–Kier alpha value is -1.06. The number of nitrogens with one attached hydrogen (secondary N) is 1. The number of benzene rings is 1. The van der Waals surface area contributed by atoms with E-state index in [1.54, 1.807) is 0 Å². The predicted octanol–water partition coefficient (Wildman–Crippen LogP) is 2.15. The second kappa shape index (κ2) is 5.32. The highest BCUT2D eigenvalue weighted by atomic mass is 16.5. The second-order valence-corrected chi connectivity index (χ2v) is 3.97. The van der Waals surface area contributed by atoms with Crippen LogP contribution in [-0.4, -0.2) is 26.2 Å². The van der Waals surface area contributed by atoms with E-state index < -0.39 is 0 Å². The molecule has 1 aliphatic heterocycles. The Kier molecular flexibility index (Phi) is 3.80. The van der Waals surface area contributed by atoms with Crippen molar-refractivity contribution in [2.75, 3.05) is 31.1 Å². The molecular formula is C13H20N2O. The molecule has 0 aromatic heterocycles. The fraction of sp³-hybridized carbons (Fsp3) is 0.538. The molecule has 1 aliphatic rings. The van der Waals surface area contributed by atoms with E-state index in [-0.39, 0.29) is 6.23 Å². The van der Waals surface area contributed by atoms with Crippen molar-refractivity contribution in [3.63, 3.8) is 0 Å². The van der Waals surface area contributed by atoms with Crippen LogP contribution in [-0.2, 0) is 4.74 Å². The van der Waals surface area contributed by atoms with Gasteiger partial charge in [-0.3, -0.25) is 5.32 Å². The van der Waals surface area contributed by atoms with E-state index in [1.165, 1.54) is 11.3 Å². The minimum Gasteiger partial charge on any atom is -0.372 e. The van der Waals surface area contributed by atoms with Crippen LogP contribution in [0.4, 0.5) is 5.69 Å². The van der Waals surface area contributed by atoms with Gasteiger partial charge in [-0.25, -0.2) is 0 Å². The Morgan fingerprint density at radius 3 is 2.44 bits per heavy atom. The third-order valence-corrected chi connectivity index (χ3v) is 3.04. The average molecular weight is 220 g/mol. The molecule has 1 aromatic carbocycles. The van der Waals surface area contributed by atoms with Gasteiger partial charge < -0.3 is 9.64 Å². The molecule has 0 aliphatic carbocycles. The minimum absolute atomic E-state index is 0.0887. The molecule has 0 amide bonds. The molecule has 16 heavy (non-hydrogen) atoms. The molecule has 3 nitrogen and oxygen atoms in total. The van der Waals surface area contributed by atoms with Crippen molar-refractivity contribution < 1.29 is 4.74 Å². The summed E-state index contributed by atoms with van der Waals surface area (Å²) in [4.78, 5) is 2.34. The second-order valence-electron chi connectivity index (χ2n) is 3.97. The van der Waals surface area contributed by atoms with Crippen LogP contribution in [0.15, 0.2) is 24.3 Å². The van der Waals surface area contributed by atoms with E-state index in [4.69, 9.17) is 4.74 Å². The van der Waals surface area contributed by atoms with Crippen molar-refractivity contribution in [2.24, 2.45) is 0 Å². The van der Waals surface area contributed by atoms with E-state index in [9.17, 15) is 0 Å². The smallest absolute Gasteiger partial charge is 0.134 e. The summed E-state index contributed by atoms with van der Waals surface area (Å²) in [5.41, 5.74) is 2.50. The van der Waals surface area contributed by atoms with Gasteiger partial charge >= 0.3 is 0 Å². The van der Waals surface area contributed by atoms with E-state index in [0.717, 1.165) is 26.2 Å². The van der Waals surface area contributed by atoms with Crippen LogP contribution in [0.25, 0.3) is 0 Å². The molecule has 88 valence electrons. The van der Waals surface area contributed by atoms with Crippen molar-refractivity contribution in [1.82, 2.24) is 5.32 Å². The first-order valence-electron chi connectivity index (χ1n) is 6.05. The van der Waals surface area contributed by atoms with E-state index >= 15 is 0 Å². The summed E-state index contributed by atoms with van der Waals surface area (Å²) in [6.07, 6.45) is 0.0887. The average Bonchev–Trinajstić information content (AvgIpc) is 2.85. The monoisotopic (exact) mass is 220 g/mol. The highest BCUT2D eigenvalue weighted by molar-refractivity contribution is 5.47. The molecule has 3 heteroatoms. The molecule has 0 radical (unpaired) electrons. The lowest BCUT2D eigenvalue weighted by Gasteiger charge is -2.21. The van der Waals surface area contributed by atoms with Crippen LogP contribution >= 0.6 is 0 Å². The molecule has 1 N–H and O–H groups in total. The summed E-state index contributed by atoms with van der Waals surface area (Å²) in [6.45, 7) is 8.21. The van der Waals surface area contributed by atoms with Gasteiger partial charge in [-0.2, -0.15) is 0 Å². The first-order chi connectivity index (χ1) is 7.85. The van der Waals surface area contributed by atoms with Crippen LogP contribution in [0.5, 0.6) is 0 Å². The lowest BCUT2D eigenvalue weighted by molar-refractivity contribution is 0.102. The SMILES string of the molecule is CCN(CC)c1ccc([C@H]2NCCO2)cc1. The van der Waals surface area contributed by atoms with Gasteiger partial charge in [-0.1, -0.05) is 12.1 Å². The molecule has 1 atom stereocenters. The lowest BCUT2D eigenvalue weighted by Crippen LogP contribution is -2.21. The summed E-state index contributed by atoms with van der Waals surface area (Å²) in [5, 5.41) is 3.31. The maximum atomic E-state index is 5.57. The molecule has 0 bridgehead atoms. The number of ether oxygens (including phenoxy) is 1. The number of rotatable bonds is 4. The Morgan fingerprint density at radius 1 is 1.25 bits per heavy atom. The number of nitrogens with zero attached hydrogens (tertiary/aromatic N) is 1. The zero-order valence-corrected chi connectivity index (χ0v) is 10.1. The number of hydrogen-bond donors (Lipinski definition) is 1. The molecule has 1 saturated heterocycles. The van der Waals surface area contributed by atoms with Gasteiger partial charge in [-0.05, 0) is 31.5 Å². The third-order valence-electron chi connectivity index (χ3n) is 3.04. The molecule has 0 unspecified atom stereocenters. The zero-order valence-electron chi connectivity index (χ0n) is 10.1. The molecule has 0 spiro atoms. The van der Waals surface area contributed by atoms with Gasteiger partial charge in [0.05, 0.1) is 6.61 Å². The fourth-order valence-corrected chi connectivity index (χ4v) is 2.09. The highest BCUT2D eigenvalue weighted by Crippen LogP contribution is 2.21. The minimum atomic E-state index is 0.0887. The first kappa shape index (κ1) is 11.4. The van der Waals surface area contributed by atoms with Crippen molar-refractivity contribution in [1.29, 1.82) is 0 Å². The largest absolute Gasteiger partial charge is 0.372 e. The standard InChI is InChI=1S/C13H20N2O/c1-3-15(4-2)12-7-5-11(6-8-12)13-14-9-10-16-13/h5-8,13-14H,3-4,9-10H2,1-2H3/t13-/m0/s1. The van der Waals surface area contributed by atoms with Crippen LogP contribution < -0.4 is 10.2 Å². The van der Waals surface area contributed by atoms with Crippen LogP contribution in [0.3, 0.4) is 0 Å². The fourth-order valence-electron chi connectivity index (χ4n) is 2.09. The van der Waals surface area contributed by atoms with Gasteiger partial charge in [0, 0.05) is 25.3 Å². The first-order valence-corrected chi connectivity index (χ1v) is 6.05. The van der Waals surface area contributed by atoms with Crippen molar-refractivity contribution in [3.8, 4) is 0 Å². The zero-order chi connectivity index (χ0) is 11.4. The summed E-state index contributed by atoms with van der Waals surface area (Å²) >= 11 is 0. The molecule has 1 heterocycles. The summed E-state index contributed by atoms with van der Waals surface area (Å²) in [6, 6.07) is 8.64. The Morgan fingerprint density at radius 2 is 1.94 bits per heavy atom. The molecule has 0 saturated carbocycles. The van der Waals surface area contributed by atoms with Crippen LogP contribution in [0.2, 0.25) is 0 Å². The summed E-state index contributed by atoms with van der Waals surface area (Å²) in [5.74, 6) is 0. The lowest BCUT2D eigenvalue weighted by atomic mass is 10.1. The maximum absolute atomic E-state index is 5.57. The Labute approximate surface area is 97.4 Å².